The molecule has 1 unspecified atom stereocenters. The Kier molecular flexibility index (Phi) is 5.98. The molecule has 1 atom stereocenters. The van der Waals surface area contributed by atoms with Crippen LogP contribution in [-0.2, 0) is 6.54 Å². The van der Waals surface area contributed by atoms with Crippen LogP contribution in [0.5, 0.6) is 0 Å². The van der Waals surface area contributed by atoms with Crippen molar-refractivity contribution < 1.29 is 0 Å². The van der Waals surface area contributed by atoms with Crippen molar-refractivity contribution in [2.24, 2.45) is 5.92 Å². The van der Waals surface area contributed by atoms with E-state index in [1.54, 1.807) is 0 Å². The molecule has 0 radical (unpaired) electrons. The molecule has 0 spiro atoms. The van der Waals surface area contributed by atoms with Crippen molar-refractivity contribution in [3.05, 3.63) is 23.9 Å². The zero-order valence-corrected chi connectivity index (χ0v) is 11.5. The highest BCUT2D eigenvalue weighted by molar-refractivity contribution is 5.37. The van der Waals surface area contributed by atoms with Crippen LogP contribution < -0.4 is 5.32 Å². The Balaban J connectivity index is 2.52. The van der Waals surface area contributed by atoms with Crippen molar-refractivity contribution in [3.63, 3.8) is 0 Å². The summed E-state index contributed by atoms with van der Waals surface area (Å²) in [6, 6.07) is 4.23. The maximum absolute atomic E-state index is 4.28. The lowest BCUT2D eigenvalue weighted by atomic mass is 10.1. The molecule has 3 nitrogen and oxygen atoms in total. The lowest BCUT2D eigenvalue weighted by Crippen LogP contribution is -2.23. The minimum atomic E-state index is 0.759. The molecule has 1 rings (SSSR count). The quantitative estimate of drug-likeness (QED) is 0.787. The number of rotatable bonds is 7. The summed E-state index contributed by atoms with van der Waals surface area (Å²) < 4.78 is 0. The van der Waals surface area contributed by atoms with E-state index >= 15 is 0 Å². The molecule has 0 bridgehead atoms. The van der Waals surface area contributed by atoms with Crippen molar-refractivity contribution in [3.8, 4) is 0 Å². The second kappa shape index (κ2) is 7.28. The zero-order valence-electron chi connectivity index (χ0n) is 11.5. The van der Waals surface area contributed by atoms with Gasteiger partial charge in [0.2, 0.25) is 0 Å². The normalized spacial score (nSPS) is 12.8. The van der Waals surface area contributed by atoms with E-state index in [2.05, 4.69) is 55.2 Å². The van der Waals surface area contributed by atoms with Gasteiger partial charge in [-0.05, 0) is 37.6 Å². The van der Waals surface area contributed by atoms with Gasteiger partial charge in [0.05, 0.1) is 0 Å². The maximum Gasteiger partial charge on any atom is 0.126 e. The molecule has 0 fully saturated rings. The zero-order chi connectivity index (χ0) is 12.7. The first kappa shape index (κ1) is 14.0. The molecule has 0 aliphatic carbocycles. The molecule has 96 valence electrons. The number of hydrogen-bond acceptors (Lipinski definition) is 3. The number of hydrogen-bond donors (Lipinski definition) is 1. The molecule has 1 heterocycles. The molecule has 0 aliphatic rings. The Morgan fingerprint density at radius 2 is 2.18 bits per heavy atom. The fraction of sp³-hybridized carbons (Fsp3) is 0.643. The van der Waals surface area contributed by atoms with E-state index in [1.807, 2.05) is 6.20 Å². The van der Waals surface area contributed by atoms with Gasteiger partial charge in [-0.2, -0.15) is 0 Å². The summed E-state index contributed by atoms with van der Waals surface area (Å²) in [5.41, 5.74) is 1.32. The Morgan fingerprint density at radius 1 is 1.41 bits per heavy atom. The van der Waals surface area contributed by atoms with Crippen LogP contribution in [0.1, 0.15) is 32.8 Å². The van der Waals surface area contributed by atoms with Crippen LogP contribution >= 0.6 is 0 Å². The van der Waals surface area contributed by atoms with E-state index in [9.17, 15) is 0 Å². The van der Waals surface area contributed by atoms with Gasteiger partial charge in [0.15, 0.2) is 0 Å². The fourth-order valence-electron chi connectivity index (χ4n) is 1.89. The minimum Gasteiger partial charge on any atom is -0.370 e. The Hall–Kier alpha value is -1.09. The van der Waals surface area contributed by atoms with E-state index in [0.717, 1.165) is 31.4 Å². The van der Waals surface area contributed by atoms with Crippen LogP contribution in [0.25, 0.3) is 0 Å². The molecular weight excluding hydrogens is 210 g/mol. The Labute approximate surface area is 105 Å². The summed E-state index contributed by atoms with van der Waals surface area (Å²) in [5, 5.41) is 3.24. The molecule has 3 heteroatoms. The number of pyridine rings is 1. The van der Waals surface area contributed by atoms with E-state index < -0.39 is 0 Å². The molecule has 0 amide bonds. The predicted molar refractivity (Wildman–Crippen MR) is 74.2 cm³/mol. The molecule has 17 heavy (non-hydrogen) atoms. The standard InChI is InChI=1S/C14H25N3/c1-5-12(3)10-17(4)11-13-7-8-16-14(9-13)15-6-2/h7-9,12H,5-6,10-11H2,1-4H3,(H,15,16). The van der Waals surface area contributed by atoms with Gasteiger partial charge in [-0.1, -0.05) is 20.3 Å². The van der Waals surface area contributed by atoms with Crippen LogP contribution in [0.2, 0.25) is 0 Å². The summed E-state index contributed by atoms with van der Waals surface area (Å²) in [7, 11) is 2.18. The first-order chi connectivity index (χ1) is 8.15. The molecule has 0 saturated heterocycles. The summed E-state index contributed by atoms with van der Waals surface area (Å²) in [6.07, 6.45) is 3.12. The van der Waals surface area contributed by atoms with Crippen LogP contribution in [0.15, 0.2) is 18.3 Å². The summed E-state index contributed by atoms with van der Waals surface area (Å²) in [4.78, 5) is 6.66. The second-order valence-electron chi connectivity index (χ2n) is 4.79. The third-order valence-corrected chi connectivity index (χ3v) is 2.96. The van der Waals surface area contributed by atoms with Gasteiger partial charge in [-0.3, -0.25) is 0 Å². The minimum absolute atomic E-state index is 0.759. The lowest BCUT2D eigenvalue weighted by molar-refractivity contribution is 0.275. The topological polar surface area (TPSA) is 28.2 Å². The van der Waals surface area contributed by atoms with E-state index in [-0.39, 0.29) is 0 Å². The number of nitrogens with zero attached hydrogens (tertiary/aromatic N) is 2. The SMILES string of the molecule is CCNc1cc(CN(C)CC(C)CC)ccn1. The molecular formula is C14H25N3. The highest BCUT2D eigenvalue weighted by Gasteiger charge is 2.05. The van der Waals surface area contributed by atoms with Crippen molar-refractivity contribution in [2.45, 2.75) is 33.7 Å². The lowest BCUT2D eigenvalue weighted by Gasteiger charge is -2.20. The fourth-order valence-corrected chi connectivity index (χ4v) is 1.89. The maximum atomic E-state index is 4.28. The summed E-state index contributed by atoms with van der Waals surface area (Å²) in [6.45, 7) is 9.69. The average Bonchev–Trinajstić information content (AvgIpc) is 2.29. The first-order valence-corrected chi connectivity index (χ1v) is 6.53. The van der Waals surface area contributed by atoms with E-state index in [1.165, 1.54) is 12.0 Å². The number of nitrogens with one attached hydrogen (secondary N) is 1. The molecule has 1 N–H and O–H groups in total. The van der Waals surface area contributed by atoms with Gasteiger partial charge < -0.3 is 10.2 Å². The van der Waals surface area contributed by atoms with Gasteiger partial charge in [0.1, 0.15) is 5.82 Å². The Bertz CT molecular complexity index is 325. The highest BCUT2D eigenvalue weighted by atomic mass is 15.1. The molecule has 0 aliphatic heterocycles. The van der Waals surface area contributed by atoms with Gasteiger partial charge in [0.25, 0.3) is 0 Å². The molecule has 1 aromatic heterocycles. The largest absolute Gasteiger partial charge is 0.370 e. The van der Waals surface area contributed by atoms with E-state index in [0.29, 0.717) is 0 Å². The summed E-state index contributed by atoms with van der Waals surface area (Å²) in [5.74, 6) is 1.73. The third kappa shape index (κ3) is 5.18. The number of aromatic nitrogens is 1. The average molecular weight is 235 g/mol. The van der Waals surface area contributed by atoms with Crippen LogP contribution in [0, 0.1) is 5.92 Å². The molecule has 0 saturated carbocycles. The van der Waals surface area contributed by atoms with Crippen LogP contribution in [0.4, 0.5) is 5.82 Å². The third-order valence-electron chi connectivity index (χ3n) is 2.96. The second-order valence-corrected chi connectivity index (χ2v) is 4.79. The van der Waals surface area contributed by atoms with Gasteiger partial charge in [-0.25, -0.2) is 4.98 Å². The van der Waals surface area contributed by atoms with Crippen molar-refractivity contribution in [2.75, 3.05) is 25.5 Å². The van der Waals surface area contributed by atoms with Gasteiger partial charge in [0, 0.05) is 25.8 Å². The van der Waals surface area contributed by atoms with Crippen molar-refractivity contribution in [1.29, 1.82) is 0 Å². The smallest absolute Gasteiger partial charge is 0.126 e. The monoisotopic (exact) mass is 235 g/mol. The Morgan fingerprint density at radius 3 is 2.82 bits per heavy atom. The number of anilines is 1. The summed E-state index contributed by atoms with van der Waals surface area (Å²) >= 11 is 0. The van der Waals surface area contributed by atoms with Gasteiger partial charge >= 0.3 is 0 Å². The molecule has 1 aromatic rings. The van der Waals surface area contributed by atoms with Gasteiger partial charge in [-0.15, -0.1) is 0 Å². The van der Waals surface area contributed by atoms with Crippen molar-refractivity contribution in [1.82, 2.24) is 9.88 Å². The predicted octanol–water partition coefficient (Wildman–Crippen LogP) is 2.99. The first-order valence-electron chi connectivity index (χ1n) is 6.53. The highest BCUT2D eigenvalue weighted by Crippen LogP contribution is 2.10. The molecule has 0 aromatic carbocycles. The van der Waals surface area contributed by atoms with Crippen molar-refractivity contribution >= 4 is 5.82 Å². The van der Waals surface area contributed by atoms with Crippen LogP contribution in [-0.4, -0.2) is 30.0 Å². The van der Waals surface area contributed by atoms with E-state index in [4.69, 9.17) is 0 Å². The van der Waals surface area contributed by atoms with Crippen LogP contribution in [0.3, 0.4) is 0 Å².